The molecule has 0 aliphatic carbocycles. The Labute approximate surface area is 156 Å². The van der Waals surface area contributed by atoms with E-state index < -0.39 is 0 Å². The molecule has 1 amide bonds. The predicted octanol–water partition coefficient (Wildman–Crippen LogP) is 3.55. The molecule has 1 aromatic carbocycles. The van der Waals surface area contributed by atoms with Crippen LogP contribution in [-0.2, 0) is 11.3 Å². The number of carbonyl (C=O) groups is 1. The number of hydrogen-bond donors (Lipinski definition) is 1. The molecular formula is C20H30N4O2. The molecular weight excluding hydrogens is 328 g/mol. The second kappa shape index (κ2) is 8.85. The van der Waals surface area contributed by atoms with Crippen molar-refractivity contribution in [3.8, 4) is 5.75 Å². The molecule has 1 aromatic heterocycles. The second-order valence-electron chi connectivity index (χ2n) is 6.50. The quantitative estimate of drug-likeness (QED) is 0.784. The summed E-state index contributed by atoms with van der Waals surface area (Å²) in [6.07, 6.45) is 0. The van der Waals surface area contributed by atoms with Crippen LogP contribution >= 0.6 is 0 Å². The minimum Gasteiger partial charge on any atom is -0.494 e. The average Bonchev–Trinajstić information content (AvgIpc) is 2.89. The van der Waals surface area contributed by atoms with Gasteiger partial charge in [0, 0.05) is 12.6 Å². The summed E-state index contributed by atoms with van der Waals surface area (Å²) in [6.45, 7) is 11.7. The number of likely N-dealkylation sites (N-methyl/N-ethyl adjacent to an activating group) is 1. The van der Waals surface area contributed by atoms with E-state index in [-0.39, 0.29) is 11.9 Å². The molecule has 0 spiro atoms. The van der Waals surface area contributed by atoms with Crippen molar-refractivity contribution in [2.75, 3.05) is 25.5 Å². The highest BCUT2D eigenvalue weighted by molar-refractivity contribution is 5.93. The third-order valence-electron chi connectivity index (χ3n) is 4.67. The fourth-order valence-electron chi connectivity index (χ4n) is 2.99. The number of nitrogens with one attached hydrogen (secondary N) is 1. The van der Waals surface area contributed by atoms with E-state index in [0.717, 1.165) is 34.9 Å². The van der Waals surface area contributed by atoms with E-state index in [1.54, 1.807) is 0 Å². The Morgan fingerprint density at radius 2 is 1.92 bits per heavy atom. The van der Waals surface area contributed by atoms with Gasteiger partial charge in [0.05, 0.1) is 30.2 Å². The van der Waals surface area contributed by atoms with Gasteiger partial charge in [-0.2, -0.15) is 5.10 Å². The van der Waals surface area contributed by atoms with Gasteiger partial charge in [-0.1, -0.05) is 12.1 Å². The third-order valence-corrected chi connectivity index (χ3v) is 4.67. The van der Waals surface area contributed by atoms with Crippen molar-refractivity contribution in [3.63, 3.8) is 0 Å². The summed E-state index contributed by atoms with van der Waals surface area (Å²) in [5.41, 5.74) is 3.80. The first kappa shape index (κ1) is 20.0. The summed E-state index contributed by atoms with van der Waals surface area (Å²) in [5.74, 6) is 0.829. The van der Waals surface area contributed by atoms with E-state index in [9.17, 15) is 4.79 Å². The van der Waals surface area contributed by atoms with Crippen LogP contribution in [0, 0.1) is 13.8 Å². The van der Waals surface area contributed by atoms with E-state index in [2.05, 4.69) is 17.3 Å². The monoisotopic (exact) mass is 358 g/mol. The maximum absolute atomic E-state index is 12.5. The third kappa shape index (κ3) is 4.64. The summed E-state index contributed by atoms with van der Waals surface area (Å²) in [6, 6.07) is 8.15. The molecule has 0 aliphatic rings. The van der Waals surface area contributed by atoms with Crippen molar-refractivity contribution in [2.45, 2.75) is 47.2 Å². The summed E-state index contributed by atoms with van der Waals surface area (Å²) in [7, 11) is 1.95. The lowest BCUT2D eigenvalue weighted by molar-refractivity contribution is -0.117. The molecule has 6 heteroatoms. The minimum atomic E-state index is -0.0351. The summed E-state index contributed by atoms with van der Waals surface area (Å²) in [5, 5.41) is 7.46. The molecule has 1 atom stereocenters. The molecule has 0 aliphatic heterocycles. The van der Waals surface area contributed by atoms with Crippen LogP contribution in [0.3, 0.4) is 0 Å². The first-order chi connectivity index (χ1) is 12.4. The number of aromatic nitrogens is 2. The number of aryl methyl sites for hydroxylation is 2. The first-order valence-electron chi connectivity index (χ1n) is 9.14. The number of ether oxygens (including phenoxy) is 1. The van der Waals surface area contributed by atoms with Crippen molar-refractivity contribution in [3.05, 3.63) is 41.2 Å². The molecule has 0 radical (unpaired) electrons. The molecule has 1 unspecified atom stereocenters. The topological polar surface area (TPSA) is 59.4 Å². The number of anilines is 1. The van der Waals surface area contributed by atoms with Gasteiger partial charge in [-0.25, -0.2) is 0 Å². The first-order valence-corrected chi connectivity index (χ1v) is 9.14. The minimum absolute atomic E-state index is 0.0351. The normalized spacial score (nSPS) is 12.3. The highest BCUT2D eigenvalue weighted by Crippen LogP contribution is 2.23. The molecule has 26 heavy (non-hydrogen) atoms. The van der Waals surface area contributed by atoms with Gasteiger partial charge in [-0.3, -0.25) is 14.4 Å². The van der Waals surface area contributed by atoms with Crippen LogP contribution < -0.4 is 10.1 Å². The Bertz CT molecular complexity index is 737. The number of benzene rings is 1. The summed E-state index contributed by atoms with van der Waals surface area (Å²) >= 11 is 0. The molecule has 142 valence electrons. The number of rotatable bonds is 8. The van der Waals surface area contributed by atoms with Crippen LogP contribution in [0.1, 0.15) is 43.8 Å². The smallest absolute Gasteiger partial charge is 0.238 e. The fourth-order valence-corrected chi connectivity index (χ4v) is 2.99. The van der Waals surface area contributed by atoms with E-state index in [4.69, 9.17) is 4.74 Å². The van der Waals surface area contributed by atoms with Crippen molar-refractivity contribution in [1.82, 2.24) is 14.7 Å². The van der Waals surface area contributed by atoms with Gasteiger partial charge >= 0.3 is 0 Å². The Morgan fingerprint density at radius 1 is 1.27 bits per heavy atom. The highest BCUT2D eigenvalue weighted by Gasteiger charge is 2.18. The van der Waals surface area contributed by atoms with Crippen LogP contribution in [-0.4, -0.2) is 40.8 Å². The fraction of sp³-hybridized carbons (Fsp3) is 0.500. The van der Waals surface area contributed by atoms with E-state index in [1.807, 2.05) is 68.6 Å². The lowest BCUT2D eigenvalue weighted by Gasteiger charge is -2.24. The number of nitrogens with zero attached hydrogens (tertiary/aromatic N) is 3. The summed E-state index contributed by atoms with van der Waals surface area (Å²) < 4.78 is 7.38. The maximum Gasteiger partial charge on any atom is 0.238 e. The molecule has 0 saturated heterocycles. The Balaban J connectivity index is 1.98. The Kier molecular flexibility index (Phi) is 6.80. The zero-order valence-electron chi connectivity index (χ0n) is 16.7. The van der Waals surface area contributed by atoms with E-state index >= 15 is 0 Å². The molecule has 2 aromatic rings. The van der Waals surface area contributed by atoms with Gasteiger partial charge in [0.2, 0.25) is 5.91 Å². The van der Waals surface area contributed by atoms with Crippen LogP contribution in [0.2, 0.25) is 0 Å². The Hall–Kier alpha value is -2.34. The number of amides is 1. The maximum atomic E-state index is 12.5. The standard InChI is InChI=1S/C20H30N4O2/c1-7-24-16(5)20(14(3)22-24)21-19(25)13-23(6)15(4)17-9-11-18(12-10-17)26-8-2/h9-12,15H,7-8,13H2,1-6H3,(H,21,25). The Morgan fingerprint density at radius 3 is 2.46 bits per heavy atom. The zero-order chi connectivity index (χ0) is 19.3. The van der Waals surface area contributed by atoms with Crippen LogP contribution in [0.4, 0.5) is 5.69 Å². The lowest BCUT2D eigenvalue weighted by atomic mass is 10.1. The van der Waals surface area contributed by atoms with Gasteiger partial charge in [0.15, 0.2) is 0 Å². The van der Waals surface area contributed by atoms with E-state index in [0.29, 0.717) is 13.2 Å². The highest BCUT2D eigenvalue weighted by atomic mass is 16.5. The molecule has 0 bridgehead atoms. The molecule has 2 rings (SSSR count). The van der Waals surface area contributed by atoms with Gasteiger partial charge in [0.1, 0.15) is 5.75 Å². The largest absolute Gasteiger partial charge is 0.494 e. The van der Waals surface area contributed by atoms with Gasteiger partial charge in [0.25, 0.3) is 0 Å². The SMILES string of the molecule is CCOc1ccc(C(C)N(C)CC(=O)Nc2c(C)nn(CC)c2C)cc1. The molecule has 6 nitrogen and oxygen atoms in total. The van der Waals surface area contributed by atoms with Gasteiger partial charge in [-0.05, 0) is 59.4 Å². The van der Waals surface area contributed by atoms with Gasteiger partial charge < -0.3 is 10.1 Å². The van der Waals surface area contributed by atoms with Crippen molar-refractivity contribution >= 4 is 11.6 Å². The summed E-state index contributed by atoms with van der Waals surface area (Å²) in [4.78, 5) is 14.5. The van der Waals surface area contributed by atoms with Crippen LogP contribution in [0.15, 0.2) is 24.3 Å². The van der Waals surface area contributed by atoms with Crippen molar-refractivity contribution < 1.29 is 9.53 Å². The zero-order valence-corrected chi connectivity index (χ0v) is 16.7. The molecule has 0 fully saturated rings. The van der Waals surface area contributed by atoms with Crippen molar-refractivity contribution in [2.24, 2.45) is 0 Å². The van der Waals surface area contributed by atoms with Crippen molar-refractivity contribution in [1.29, 1.82) is 0 Å². The molecule has 1 N–H and O–H groups in total. The van der Waals surface area contributed by atoms with Gasteiger partial charge in [-0.15, -0.1) is 0 Å². The molecule has 0 saturated carbocycles. The molecule has 1 heterocycles. The number of carbonyl (C=O) groups excluding carboxylic acids is 1. The lowest BCUT2D eigenvalue weighted by Crippen LogP contribution is -2.32. The second-order valence-corrected chi connectivity index (χ2v) is 6.50. The average molecular weight is 358 g/mol. The number of hydrogen-bond acceptors (Lipinski definition) is 4. The van der Waals surface area contributed by atoms with Crippen LogP contribution in [0.5, 0.6) is 5.75 Å². The van der Waals surface area contributed by atoms with E-state index in [1.165, 1.54) is 0 Å². The van der Waals surface area contributed by atoms with Crippen LogP contribution in [0.25, 0.3) is 0 Å². The predicted molar refractivity (Wildman–Crippen MR) is 105 cm³/mol.